The summed E-state index contributed by atoms with van der Waals surface area (Å²) in [6.45, 7) is 2.02. The Hall–Kier alpha value is -1.60. The van der Waals surface area contributed by atoms with E-state index < -0.39 is 0 Å². The number of methoxy groups -OCH3 is 1. The maximum Gasteiger partial charge on any atom is 0.240 e. The second-order valence-electron chi connectivity index (χ2n) is 3.63. The maximum atomic E-state index is 9.86. The molecule has 6 nitrogen and oxygen atoms in total. The Bertz CT molecular complexity index is 583. The summed E-state index contributed by atoms with van der Waals surface area (Å²) >= 11 is 3.35. The Morgan fingerprint density at radius 2 is 2.28 bits per heavy atom. The first-order chi connectivity index (χ1) is 8.58. The SMILES string of the molecule is COc1c(O)cc(Br)c(C)c1-c1noc(CN)n1. The molecule has 1 aromatic heterocycles. The summed E-state index contributed by atoms with van der Waals surface area (Å²) < 4.78 is 10.9. The molecule has 1 aromatic carbocycles. The Balaban J connectivity index is 2.68. The first kappa shape index (κ1) is 12.8. The van der Waals surface area contributed by atoms with E-state index in [-0.39, 0.29) is 12.3 Å². The van der Waals surface area contributed by atoms with Gasteiger partial charge in [0, 0.05) is 4.47 Å². The molecule has 0 aliphatic carbocycles. The average Bonchev–Trinajstić information content (AvgIpc) is 2.81. The molecule has 0 bridgehead atoms. The molecular weight excluding hydrogens is 302 g/mol. The van der Waals surface area contributed by atoms with Crippen molar-refractivity contribution in [2.45, 2.75) is 13.5 Å². The summed E-state index contributed by atoms with van der Waals surface area (Å²) in [6.07, 6.45) is 0. The van der Waals surface area contributed by atoms with Crippen LogP contribution < -0.4 is 10.5 Å². The van der Waals surface area contributed by atoms with Gasteiger partial charge in [-0.2, -0.15) is 4.98 Å². The zero-order chi connectivity index (χ0) is 13.3. The lowest BCUT2D eigenvalue weighted by molar-refractivity contribution is 0.371. The molecule has 0 aliphatic rings. The summed E-state index contributed by atoms with van der Waals surface area (Å²) in [5, 5.41) is 13.7. The van der Waals surface area contributed by atoms with Crippen LogP contribution in [0, 0.1) is 6.92 Å². The van der Waals surface area contributed by atoms with Crippen molar-refractivity contribution in [3.63, 3.8) is 0 Å². The van der Waals surface area contributed by atoms with E-state index in [0.29, 0.717) is 23.0 Å². The minimum atomic E-state index is 0.00377. The van der Waals surface area contributed by atoms with E-state index >= 15 is 0 Å². The Labute approximate surface area is 112 Å². The predicted octanol–water partition coefficient (Wildman–Crippen LogP) is 1.98. The van der Waals surface area contributed by atoms with Crippen molar-refractivity contribution in [2.24, 2.45) is 5.73 Å². The summed E-state index contributed by atoms with van der Waals surface area (Å²) in [6, 6.07) is 1.56. The van der Waals surface area contributed by atoms with Crippen molar-refractivity contribution in [3.8, 4) is 22.9 Å². The Morgan fingerprint density at radius 1 is 1.56 bits per heavy atom. The van der Waals surface area contributed by atoms with Gasteiger partial charge in [-0.1, -0.05) is 21.1 Å². The van der Waals surface area contributed by atoms with E-state index in [0.717, 1.165) is 10.0 Å². The molecule has 3 N–H and O–H groups in total. The van der Waals surface area contributed by atoms with Gasteiger partial charge in [-0.05, 0) is 18.6 Å². The van der Waals surface area contributed by atoms with Gasteiger partial charge in [0.2, 0.25) is 11.7 Å². The quantitative estimate of drug-likeness (QED) is 0.899. The molecule has 2 aromatic rings. The monoisotopic (exact) mass is 313 g/mol. The Kier molecular flexibility index (Phi) is 3.53. The summed E-state index contributed by atoms with van der Waals surface area (Å²) in [5.74, 6) is 0.969. The molecule has 0 atom stereocenters. The largest absolute Gasteiger partial charge is 0.504 e. The summed E-state index contributed by atoms with van der Waals surface area (Å²) in [5.41, 5.74) is 6.84. The van der Waals surface area contributed by atoms with Crippen molar-refractivity contribution >= 4 is 15.9 Å². The number of phenols is 1. The van der Waals surface area contributed by atoms with Crippen LogP contribution in [-0.4, -0.2) is 22.4 Å². The summed E-state index contributed by atoms with van der Waals surface area (Å²) in [7, 11) is 1.47. The van der Waals surface area contributed by atoms with Gasteiger partial charge in [0.15, 0.2) is 11.5 Å². The lowest BCUT2D eigenvalue weighted by atomic mass is 10.1. The number of ether oxygens (including phenoxy) is 1. The minimum Gasteiger partial charge on any atom is -0.504 e. The second kappa shape index (κ2) is 4.95. The average molecular weight is 314 g/mol. The van der Waals surface area contributed by atoms with Gasteiger partial charge in [0.25, 0.3) is 0 Å². The molecule has 18 heavy (non-hydrogen) atoms. The third-order valence-electron chi connectivity index (χ3n) is 2.53. The molecule has 0 unspecified atom stereocenters. The lowest BCUT2D eigenvalue weighted by Gasteiger charge is -2.11. The molecule has 96 valence electrons. The fourth-order valence-electron chi connectivity index (χ4n) is 1.63. The zero-order valence-electron chi connectivity index (χ0n) is 9.90. The highest BCUT2D eigenvalue weighted by Crippen LogP contribution is 2.42. The van der Waals surface area contributed by atoms with Crippen LogP contribution >= 0.6 is 15.9 Å². The molecular formula is C11H12BrN3O3. The van der Waals surface area contributed by atoms with Crippen LogP contribution in [0.1, 0.15) is 11.5 Å². The highest BCUT2D eigenvalue weighted by molar-refractivity contribution is 9.10. The maximum absolute atomic E-state index is 9.86. The third-order valence-corrected chi connectivity index (χ3v) is 3.35. The highest BCUT2D eigenvalue weighted by atomic mass is 79.9. The van der Waals surface area contributed by atoms with E-state index in [1.165, 1.54) is 7.11 Å². The van der Waals surface area contributed by atoms with E-state index in [2.05, 4.69) is 26.1 Å². The number of halogens is 1. The van der Waals surface area contributed by atoms with Gasteiger partial charge in [-0.25, -0.2) is 0 Å². The van der Waals surface area contributed by atoms with Crippen LogP contribution in [0.2, 0.25) is 0 Å². The van der Waals surface area contributed by atoms with Gasteiger partial charge >= 0.3 is 0 Å². The fraction of sp³-hybridized carbons (Fsp3) is 0.273. The predicted molar refractivity (Wildman–Crippen MR) is 68.3 cm³/mol. The van der Waals surface area contributed by atoms with Crippen molar-refractivity contribution in [2.75, 3.05) is 7.11 Å². The number of phenolic OH excluding ortho intramolecular Hbond substituents is 1. The van der Waals surface area contributed by atoms with Gasteiger partial charge < -0.3 is 20.1 Å². The van der Waals surface area contributed by atoms with Crippen LogP contribution in [0.3, 0.4) is 0 Å². The highest BCUT2D eigenvalue weighted by Gasteiger charge is 2.20. The lowest BCUT2D eigenvalue weighted by Crippen LogP contribution is -1.97. The third kappa shape index (κ3) is 2.06. The van der Waals surface area contributed by atoms with Crippen LogP contribution in [0.4, 0.5) is 0 Å². The van der Waals surface area contributed by atoms with Crippen LogP contribution in [0.25, 0.3) is 11.4 Å². The number of nitrogens with zero attached hydrogens (tertiary/aromatic N) is 2. The number of aromatic hydroxyl groups is 1. The van der Waals surface area contributed by atoms with Crippen molar-refractivity contribution in [1.82, 2.24) is 10.1 Å². The van der Waals surface area contributed by atoms with Crippen molar-refractivity contribution < 1.29 is 14.4 Å². The number of hydrogen-bond acceptors (Lipinski definition) is 6. The standard InChI is InChI=1S/C11H12BrN3O3/c1-5-6(12)3-7(16)10(17-2)9(5)11-14-8(4-13)18-15-11/h3,16H,4,13H2,1-2H3. The molecule has 0 spiro atoms. The number of aromatic nitrogens is 2. The van der Waals surface area contributed by atoms with Crippen LogP contribution in [-0.2, 0) is 6.54 Å². The van der Waals surface area contributed by atoms with Crippen molar-refractivity contribution in [3.05, 3.63) is 22.0 Å². The number of rotatable bonds is 3. The first-order valence-corrected chi connectivity index (χ1v) is 5.96. The fourth-order valence-corrected chi connectivity index (χ4v) is 2.04. The molecule has 2 rings (SSSR count). The second-order valence-corrected chi connectivity index (χ2v) is 4.48. The van der Waals surface area contributed by atoms with Crippen LogP contribution in [0.15, 0.2) is 15.1 Å². The van der Waals surface area contributed by atoms with E-state index in [4.69, 9.17) is 15.0 Å². The molecule has 0 saturated heterocycles. The first-order valence-electron chi connectivity index (χ1n) is 5.17. The molecule has 0 fully saturated rings. The summed E-state index contributed by atoms with van der Waals surface area (Å²) in [4.78, 5) is 4.14. The number of hydrogen-bond donors (Lipinski definition) is 2. The van der Waals surface area contributed by atoms with Gasteiger partial charge in [-0.15, -0.1) is 0 Å². The van der Waals surface area contributed by atoms with E-state index in [1.807, 2.05) is 6.92 Å². The molecule has 1 heterocycles. The van der Waals surface area contributed by atoms with Gasteiger partial charge in [0.1, 0.15) is 0 Å². The van der Waals surface area contributed by atoms with Crippen LogP contribution in [0.5, 0.6) is 11.5 Å². The number of nitrogens with two attached hydrogens (primary N) is 1. The van der Waals surface area contributed by atoms with Gasteiger partial charge in [-0.3, -0.25) is 0 Å². The molecule has 0 aliphatic heterocycles. The van der Waals surface area contributed by atoms with E-state index in [9.17, 15) is 5.11 Å². The smallest absolute Gasteiger partial charge is 0.240 e. The normalized spacial score (nSPS) is 10.7. The molecule has 7 heteroatoms. The zero-order valence-corrected chi connectivity index (χ0v) is 11.5. The molecule has 0 radical (unpaired) electrons. The van der Waals surface area contributed by atoms with Crippen molar-refractivity contribution in [1.29, 1.82) is 0 Å². The topological polar surface area (TPSA) is 94.4 Å². The minimum absolute atomic E-state index is 0.00377. The Morgan fingerprint density at radius 3 is 2.83 bits per heavy atom. The molecule has 0 amide bonds. The molecule has 0 saturated carbocycles. The van der Waals surface area contributed by atoms with E-state index in [1.54, 1.807) is 6.07 Å². The van der Waals surface area contributed by atoms with Gasteiger partial charge in [0.05, 0.1) is 19.2 Å². The number of benzene rings is 1.